The minimum absolute atomic E-state index is 0.0545. The highest BCUT2D eigenvalue weighted by Gasteiger charge is 2.30. The summed E-state index contributed by atoms with van der Waals surface area (Å²) in [6.45, 7) is 0. The number of benzene rings is 2. The van der Waals surface area contributed by atoms with Crippen molar-refractivity contribution in [3.8, 4) is 6.07 Å². The number of nitriles is 1. The number of hydrogen-bond acceptors (Lipinski definition) is 6. The van der Waals surface area contributed by atoms with Gasteiger partial charge < -0.3 is 15.4 Å². The second-order valence-electron chi connectivity index (χ2n) is 6.59. The van der Waals surface area contributed by atoms with Crippen molar-refractivity contribution in [2.45, 2.75) is 12.3 Å². The van der Waals surface area contributed by atoms with Crippen molar-refractivity contribution >= 4 is 35.2 Å². The summed E-state index contributed by atoms with van der Waals surface area (Å²) in [7, 11) is 1.28. The Morgan fingerprint density at radius 3 is 2.61 bits per heavy atom. The topological polar surface area (TPSA) is 108 Å². The van der Waals surface area contributed by atoms with E-state index in [2.05, 4.69) is 21.4 Å². The summed E-state index contributed by atoms with van der Waals surface area (Å²) in [5.74, 6) is -2.44. The fourth-order valence-electron chi connectivity index (χ4n) is 3.07. The molecular formula is C22H18FN3O4S. The first-order valence-corrected chi connectivity index (χ1v) is 10.2. The molecule has 2 aromatic carbocycles. The Morgan fingerprint density at radius 2 is 1.97 bits per heavy atom. The Bertz CT molecular complexity index is 1090. The van der Waals surface area contributed by atoms with E-state index >= 15 is 0 Å². The van der Waals surface area contributed by atoms with E-state index in [4.69, 9.17) is 0 Å². The van der Waals surface area contributed by atoms with E-state index in [1.807, 2.05) is 0 Å². The molecule has 0 saturated heterocycles. The second kappa shape index (κ2) is 9.91. The third kappa shape index (κ3) is 5.29. The first kappa shape index (κ1) is 22.1. The van der Waals surface area contributed by atoms with Crippen molar-refractivity contribution in [3.05, 3.63) is 76.1 Å². The maximum atomic E-state index is 13.7. The van der Waals surface area contributed by atoms with Crippen molar-refractivity contribution in [2.75, 3.05) is 18.2 Å². The zero-order valence-electron chi connectivity index (χ0n) is 16.5. The van der Waals surface area contributed by atoms with Crippen molar-refractivity contribution in [3.63, 3.8) is 0 Å². The first-order valence-electron chi connectivity index (χ1n) is 9.22. The van der Waals surface area contributed by atoms with Crippen LogP contribution in [0, 0.1) is 17.1 Å². The monoisotopic (exact) mass is 439 g/mol. The lowest BCUT2D eigenvalue weighted by Crippen LogP contribution is -2.31. The van der Waals surface area contributed by atoms with Gasteiger partial charge in [-0.2, -0.15) is 5.26 Å². The lowest BCUT2D eigenvalue weighted by atomic mass is 9.87. The number of halogens is 1. The van der Waals surface area contributed by atoms with Crippen LogP contribution in [0.15, 0.2) is 59.1 Å². The molecule has 1 aliphatic rings. The molecule has 0 aliphatic carbocycles. The number of carbonyl (C=O) groups is 3. The molecule has 0 aromatic heterocycles. The summed E-state index contributed by atoms with van der Waals surface area (Å²) in [6, 6.07) is 14.4. The highest BCUT2D eigenvalue weighted by Crippen LogP contribution is 2.36. The summed E-state index contributed by atoms with van der Waals surface area (Å²) in [6.07, 6.45) is 0.0615. The predicted octanol–water partition coefficient (Wildman–Crippen LogP) is 3.32. The van der Waals surface area contributed by atoms with Crippen molar-refractivity contribution in [1.29, 1.82) is 5.26 Å². The molecule has 0 unspecified atom stereocenters. The molecule has 0 saturated carbocycles. The van der Waals surface area contributed by atoms with Crippen LogP contribution in [-0.2, 0) is 14.3 Å². The van der Waals surface area contributed by atoms with Gasteiger partial charge in [0.25, 0.3) is 0 Å². The molecule has 1 atom stereocenters. The van der Waals surface area contributed by atoms with Gasteiger partial charge in [-0.05, 0) is 29.8 Å². The SMILES string of the molecule is COC(=O)c1ccc([C@@H]2CC(=O)NC(SCC(=O)Nc3ccccc3F)=C2C#N)cc1. The highest BCUT2D eigenvalue weighted by atomic mass is 32.2. The maximum Gasteiger partial charge on any atom is 0.337 e. The van der Waals surface area contributed by atoms with E-state index in [9.17, 15) is 24.0 Å². The lowest BCUT2D eigenvalue weighted by Gasteiger charge is -2.25. The van der Waals surface area contributed by atoms with E-state index < -0.39 is 23.6 Å². The van der Waals surface area contributed by atoms with Gasteiger partial charge in [-0.25, -0.2) is 9.18 Å². The molecule has 7 nitrogen and oxygen atoms in total. The summed E-state index contributed by atoms with van der Waals surface area (Å²) >= 11 is 0.994. The third-order valence-electron chi connectivity index (χ3n) is 4.59. The molecule has 2 aromatic rings. The largest absolute Gasteiger partial charge is 0.465 e. The van der Waals surface area contributed by atoms with Crippen LogP contribution in [0.3, 0.4) is 0 Å². The summed E-state index contributed by atoms with van der Waals surface area (Å²) in [5.41, 5.74) is 1.41. The third-order valence-corrected chi connectivity index (χ3v) is 5.60. The van der Waals surface area contributed by atoms with Gasteiger partial charge >= 0.3 is 5.97 Å². The Balaban J connectivity index is 1.76. The van der Waals surface area contributed by atoms with Crippen LogP contribution in [-0.4, -0.2) is 30.6 Å². The number of methoxy groups -OCH3 is 1. The Labute approximate surface area is 182 Å². The molecule has 1 aliphatic heterocycles. The second-order valence-corrected chi connectivity index (χ2v) is 7.58. The minimum atomic E-state index is -0.556. The number of amides is 2. The zero-order valence-corrected chi connectivity index (χ0v) is 17.3. The molecule has 2 N–H and O–H groups in total. The molecule has 2 amide bonds. The highest BCUT2D eigenvalue weighted by molar-refractivity contribution is 8.03. The van der Waals surface area contributed by atoms with Gasteiger partial charge in [-0.15, -0.1) is 0 Å². The maximum absolute atomic E-state index is 13.7. The molecular weight excluding hydrogens is 421 g/mol. The van der Waals surface area contributed by atoms with E-state index in [0.717, 1.165) is 11.8 Å². The van der Waals surface area contributed by atoms with E-state index in [1.54, 1.807) is 30.3 Å². The fraction of sp³-hybridized carbons (Fsp3) is 0.182. The van der Waals surface area contributed by atoms with Crippen LogP contribution < -0.4 is 10.6 Å². The molecule has 0 spiro atoms. The fourth-order valence-corrected chi connectivity index (χ4v) is 3.95. The summed E-state index contributed by atoms with van der Waals surface area (Å²) in [4.78, 5) is 36.0. The van der Waals surface area contributed by atoms with E-state index in [1.165, 1.54) is 25.3 Å². The summed E-state index contributed by atoms with van der Waals surface area (Å²) in [5, 5.41) is 15.1. The number of esters is 1. The number of ether oxygens (including phenoxy) is 1. The van der Waals surface area contributed by atoms with Crippen LogP contribution >= 0.6 is 11.8 Å². The average molecular weight is 439 g/mol. The van der Waals surface area contributed by atoms with Gasteiger partial charge in [-0.3, -0.25) is 9.59 Å². The van der Waals surface area contributed by atoms with Gasteiger partial charge in [0.15, 0.2) is 0 Å². The average Bonchev–Trinajstić information content (AvgIpc) is 2.78. The van der Waals surface area contributed by atoms with Crippen molar-refractivity contribution < 1.29 is 23.5 Å². The number of para-hydroxylation sites is 1. The van der Waals surface area contributed by atoms with Gasteiger partial charge in [0.2, 0.25) is 11.8 Å². The number of allylic oxidation sites excluding steroid dienone is 1. The van der Waals surface area contributed by atoms with Gasteiger partial charge in [0.05, 0.1) is 40.8 Å². The molecule has 31 heavy (non-hydrogen) atoms. The van der Waals surface area contributed by atoms with Gasteiger partial charge in [-0.1, -0.05) is 36.0 Å². The molecule has 0 radical (unpaired) electrons. The number of thioether (sulfide) groups is 1. The molecule has 158 valence electrons. The van der Waals surface area contributed by atoms with Gasteiger partial charge in [0.1, 0.15) is 5.82 Å². The quantitative estimate of drug-likeness (QED) is 0.669. The Morgan fingerprint density at radius 1 is 1.26 bits per heavy atom. The van der Waals surface area contributed by atoms with Crippen LogP contribution in [0.1, 0.15) is 28.3 Å². The predicted molar refractivity (Wildman–Crippen MR) is 113 cm³/mol. The van der Waals surface area contributed by atoms with Gasteiger partial charge in [0, 0.05) is 12.3 Å². The summed E-state index contributed by atoms with van der Waals surface area (Å²) < 4.78 is 18.4. The molecule has 0 bridgehead atoms. The minimum Gasteiger partial charge on any atom is -0.465 e. The molecule has 3 rings (SSSR count). The zero-order chi connectivity index (χ0) is 22.4. The van der Waals surface area contributed by atoms with Crippen molar-refractivity contribution in [2.24, 2.45) is 0 Å². The normalized spacial score (nSPS) is 15.6. The van der Waals surface area contributed by atoms with Crippen LogP contribution in [0.25, 0.3) is 0 Å². The molecule has 9 heteroatoms. The van der Waals surface area contributed by atoms with Crippen LogP contribution in [0.4, 0.5) is 10.1 Å². The number of nitrogens with zero attached hydrogens (tertiary/aromatic N) is 1. The lowest BCUT2D eigenvalue weighted by molar-refractivity contribution is -0.121. The Kier molecular flexibility index (Phi) is 7.05. The van der Waals surface area contributed by atoms with Crippen LogP contribution in [0.2, 0.25) is 0 Å². The number of rotatable bonds is 6. The van der Waals surface area contributed by atoms with Crippen LogP contribution in [0.5, 0.6) is 0 Å². The Hall–Kier alpha value is -3.64. The number of anilines is 1. The van der Waals surface area contributed by atoms with E-state index in [-0.39, 0.29) is 28.8 Å². The number of hydrogen-bond donors (Lipinski definition) is 2. The number of nitrogens with one attached hydrogen (secondary N) is 2. The molecule has 1 heterocycles. The standard InChI is InChI=1S/C22H18FN3O4S/c1-30-22(29)14-8-6-13(7-9-14)15-10-19(27)26-21(16(15)11-24)31-12-20(28)25-18-5-3-2-4-17(18)23/h2-9,15H,10,12H2,1H3,(H,25,28)(H,26,27)/t15-/m0/s1. The smallest absolute Gasteiger partial charge is 0.337 e. The van der Waals surface area contributed by atoms with Crippen molar-refractivity contribution in [1.82, 2.24) is 5.32 Å². The molecule has 0 fully saturated rings. The number of carbonyl (C=O) groups excluding carboxylic acids is 3. The first-order chi connectivity index (χ1) is 14.9. The van der Waals surface area contributed by atoms with E-state index in [0.29, 0.717) is 16.7 Å².